The minimum atomic E-state index is -0.597. The van der Waals surface area contributed by atoms with Gasteiger partial charge in [-0.25, -0.2) is 19.1 Å². The Morgan fingerprint density at radius 3 is 2.72 bits per heavy atom. The molecule has 0 fully saturated rings. The number of rotatable bonds is 5. The highest BCUT2D eigenvalue weighted by atomic mass is 35.5. The summed E-state index contributed by atoms with van der Waals surface area (Å²) in [6, 6.07) is 10.7. The lowest BCUT2D eigenvalue weighted by Gasteiger charge is -2.17. The monoisotopic (exact) mass is 410 g/mol. The van der Waals surface area contributed by atoms with Gasteiger partial charge in [0.2, 0.25) is 5.95 Å². The Bertz CT molecular complexity index is 1290. The zero-order valence-electron chi connectivity index (χ0n) is 15.9. The van der Waals surface area contributed by atoms with Crippen molar-refractivity contribution in [2.75, 3.05) is 5.32 Å². The van der Waals surface area contributed by atoms with E-state index in [0.717, 1.165) is 21.0 Å². The van der Waals surface area contributed by atoms with E-state index in [1.807, 2.05) is 30.5 Å². The molecule has 9 heteroatoms. The first-order valence-electron chi connectivity index (χ1n) is 9.10. The molecule has 0 aliphatic carbocycles. The molecule has 29 heavy (non-hydrogen) atoms. The predicted molar refractivity (Wildman–Crippen MR) is 113 cm³/mol. The summed E-state index contributed by atoms with van der Waals surface area (Å²) in [4.78, 5) is 36.9. The van der Waals surface area contributed by atoms with Gasteiger partial charge in [-0.15, -0.1) is 0 Å². The third kappa shape index (κ3) is 3.79. The van der Waals surface area contributed by atoms with Crippen molar-refractivity contribution in [1.29, 1.82) is 0 Å². The summed E-state index contributed by atoms with van der Waals surface area (Å²) in [5.74, 6) is 0.168. The number of hydrogen-bond donors (Lipinski definition) is 2. The highest BCUT2D eigenvalue weighted by molar-refractivity contribution is 6.29. The van der Waals surface area contributed by atoms with Gasteiger partial charge in [-0.3, -0.25) is 4.57 Å². The van der Waals surface area contributed by atoms with Crippen LogP contribution < -0.4 is 16.7 Å². The van der Waals surface area contributed by atoms with E-state index in [2.05, 4.69) is 20.3 Å². The maximum absolute atomic E-state index is 13.1. The average molecular weight is 411 g/mol. The minimum absolute atomic E-state index is 0.168. The third-order valence-corrected chi connectivity index (χ3v) is 4.78. The quantitative estimate of drug-likeness (QED) is 0.492. The van der Waals surface area contributed by atoms with Crippen LogP contribution in [0.25, 0.3) is 10.9 Å². The lowest BCUT2D eigenvalue weighted by molar-refractivity contribution is 0.497. The van der Waals surface area contributed by atoms with Crippen LogP contribution in [-0.4, -0.2) is 24.1 Å². The fourth-order valence-electron chi connectivity index (χ4n) is 3.13. The summed E-state index contributed by atoms with van der Waals surface area (Å²) < 4.78 is 2.55. The molecule has 0 radical (unpaired) electrons. The Labute approximate surface area is 170 Å². The molecule has 4 rings (SSSR count). The fourth-order valence-corrected chi connectivity index (χ4v) is 3.24. The molecule has 0 saturated carbocycles. The zero-order valence-corrected chi connectivity index (χ0v) is 16.6. The van der Waals surface area contributed by atoms with E-state index in [1.165, 1.54) is 4.57 Å². The molecule has 3 aromatic heterocycles. The minimum Gasteiger partial charge on any atom is -0.361 e. The molecule has 0 unspecified atom stereocenters. The van der Waals surface area contributed by atoms with Crippen molar-refractivity contribution in [3.05, 3.63) is 80.5 Å². The number of nitrogens with zero attached hydrogens (tertiary/aromatic N) is 4. The van der Waals surface area contributed by atoms with E-state index in [9.17, 15) is 9.59 Å². The van der Waals surface area contributed by atoms with Crippen LogP contribution in [0.3, 0.4) is 0 Å². The van der Waals surface area contributed by atoms with E-state index >= 15 is 0 Å². The second-order valence-corrected chi connectivity index (χ2v) is 7.33. The molecule has 0 bridgehead atoms. The maximum Gasteiger partial charge on any atom is 0.355 e. The van der Waals surface area contributed by atoms with Gasteiger partial charge < -0.3 is 10.3 Å². The fraction of sp³-hybridized carbons (Fsp3) is 0.200. The second-order valence-electron chi connectivity index (χ2n) is 6.94. The molecule has 0 aliphatic rings. The Morgan fingerprint density at radius 1 is 1.17 bits per heavy atom. The lowest BCUT2D eigenvalue weighted by atomic mass is 10.2. The Morgan fingerprint density at radius 2 is 2.00 bits per heavy atom. The molecule has 0 spiro atoms. The first kappa shape index (κ1) is 18.9. The number of H-pyrrole nitrogens is 1. The summed E-state index contributed by atoms with van der Waals surface area (Å²) in [5.41, 5.74) is 1.43. The van der Waals surface area contributed by atoms with E-state index in [4.69, 9.17) is 11.6 Å². The Kier molecular flexibility index (Phi) is 4.94. The summed E-state index contributed by atoms with van der Waals surface area (Å²) in [7, 11) is 0. The third-order valence-electron chi connectivity index (χ3n) is 4.56. The van der Waals surface area contributed by atoms with E-state index < -0.39 is 11.4 Å². The van der Waals surface area contributed by atoms with Crippen molar-refractivity contribution in [2.45, 2.75) is 26.4 Å². The number of halogens is 1. The van der Waals surface area contributed by atoms with E-state index in [-0.39, 0.29) is 18.5 Å². The molecule has 3 heterocycles. The molecule has 1 aromatic carbocycles. The Hall–Kier alpha value is -3.39. The van der Waals surface area contributed by atoms with Crippen molar-refractivity contribution in [1.82, 2.24) is 24.1 Å². The SMILES string of the molecule is CC(C)n1c(=O)nc(Nc2ccc3[nH]ccc3c2)n(Cc2ccc(Cl)nc2)c1=O. The van der Waals surface area contributed by atoms with Crippen molar-refractivity contribution >= 4 is 34.1 Å². The highest BCUT2D eigenvalue weighted by Crippen LogP contribution is 2.20. The topological polar surface area (TPSA) is 97.6 Å². The molecule has 2 N–H and O–H groups in total. The van der Waals surface area contributed by atoms with E-state index in [0.29, 0.717) is 10.8 Å². The summed E-state index contributed by atoms with van der Waals surface area (Å²) in [6.07, 6.45) is 3.44. The van der Waals surface area contributed by atoms with E-state index in [1.54, 1.807) is 32.2 Å². The lowest BCUT2D eigenvalue weighted by Crippen LogP contribution is -2.43. The number of fused-ring (bicyclic) bond motifs is 1. The van der Waals surface area contributed by atoms with Crippen LogP contribution in [0.4, 0.5) is 11.6 Å². The molecule has 0 saturated heterocycles. The summed E-state index contributed by atoms with van der Waals surface area (Å²) >= 11 is 5.86. The molecule has 8 nitrogen and oxygen atoms in total. The summed E-state index contributed by atoms with van der Waals surface area (Å²) in [6.45, 7) is 3.73. The van der Waals surface area contributed by atoms with Crippen molar-refractivity contribution < 1.29 is 0 Å². The number of pyridine rings is 1. The normalized spacial score (nSPS) is 11.3. The van der Waals surface area contributed by atoms with Gasteiger partial charge in [0.1, 0.15) is 5.15 Å². The van der Waals surface area contributed by atoms with Crippen LogP contribution in [0.5, 0.6) is 0 Å². The molecule has 0 amide bonds. The van der Waals surface area contributed by atoms with Gasteiger partial charge in [0.25, 0.3) is 0 Å². The number of nitrogens with one attached hydrogen (secondary N) is 2. The highest BCUT2D eigenvalue weighted by Gasteiger charge is 2.16. The predicted octanol–water partition coefficient (Wildman–Crippen LogP) is 3.31. The van der Waals surface area contributed by atoms with Crippen LogP contribution in [-0.2, 0) is 6.54 Å². The smallest absolute Gasteiger partial charge is 0.355 e. The standard InChI is InChI=1S/C20H19ClN6O2/c1-12(2)27-19(28)25-18(24-15-4-5-16-14(9-15)7-8-22-16)26(20(27)29)11-13-3-6-17(21)23-10-13/h3-10,12,22H,11H2,1-2H3,(H,24,25,28). The first-order chi connectivity index (χ1) is 13.9. The Balaban J connectivity index is 1.81. The number of aromatic amines is 1. The van der Waals surface area contributed by atoms with Crippen molar-refractivity contribution in [3.63, 3.8) is 0 Å². The van der Waals surface area contributed by atoms with Crippen molar-refractivity contribution in [3.8, 4) is 0 Å². The zero-order chi connectivity index (χ0) is 20.5. The summed E-state index contributed by atoms with van der Waals surface area (Å²) in [5, 5.41) is 4.48. The van der Waals surface area contributed by atoms with Crippen LogP contribution in [0.1, 0.15) is 25.5 Å². The van der Waals surface area contributed by atoms with Crippen LogP contribution in [0.15, 0.2) is 58.4 Å². The van der Waals surface area contributed by atoms with Gasteiger partial charge in [-0.05, 0) is 49.7 Å². The molecule has 0 aliphatic heterocycles. The molecule has 0 atom stereocenters. The molecule has 148 valence electrons. The van der Waals surface area contributed by atoms with Gasteiger partial charge in [-0.2, -0.15) is 4.98 Å². The van der Waals surface area contributed by atoms with Crippen molar-refractivity contribution in [2.24, 2.45) is 0 Å². The van der Waals surface area contributed by atoms with Gasteiger partial charge >= 0.3 is 11.4 Å². The molecular formula is C20H19ClN6O2. The second kappa shape index (κ2) is 7.56. The molecule has 4 aromatic rings. The number of hydrogen-bond acceptors (Lipinski definition) is 5. The van der Waals surface area contributed by atoms with Gasteiger partial charge in [0, 0.05) is 35.0 Å². The number of aromatic nitrogens is 5. The number of benzene rings is 1. The number of anilines is 2. The first-order valence-corrected chi connectivity index (χ1v) is 9.48. The van der Waals surface area contributed by atoms with Crippen LogP contribution in [0, 0.1) is 0 Å². The largest absolute Gasteiger partial charge is 0.361 e. The van der Waals surface area contributed by atoms with Crippen LogP contribution >= 0.6 is 11.6 Å². The van der Waals surface area contributed by atoms with Gasteiger partial charge in [-0.1, -0.05) is 17.7 Å². The average Bonchev–Trinajstić information content (AvgIpc) is 3.14. The molecular weight excluding hydrogens is 392 g/mol. The maximum atomic E-state index is 13.1. The van der Waals surface area contributed by atoms with Crippen LogP contribution in [0.2, 0.25) is 5.15 Å². The van der Waals surface area contributed by atoms with Gasteiger partial charge in [0.05, 0.1) is 6.54 Å². The van der Waals surface area contributed by atoms with Gasteiger partial charge in [0.15, 0.2) is 0 Å².